The highest BCUT2D eigenvalue weighted by Crippen LogP contribution is 2.05. The SMILES string of the molecule is COC(=O)[C@H](Cc1ccccc1)NC(=O)N[C@H](C(N)=O)C(C)C. The third-order valence-corrected chi connectivity index (χ3v) is 3.33. The van der Waals surface area contributed by atoms with Crippen molar-refractivity contribution in [1.82, 2.24) is 10.6 Å². The molecule has 0 saturated heterocycles. The van der Waals surface area contributed by atoms with Crippen LogP contribution >= 0.6 is 0 Å². The molecule has 1 rings (SSSR count). The van der Waals surface area contributed by atoms with Crippen LogP contribution in [0.25, 0.3) is 0 Å². The molecule has 7 nitrogen and oxygen atoms in total. The van der Waals surface area contributed by atoms with Gasteiger partial charge < -0.3 is 21.1 Å². The molecular formula is C16H23N3O4. The topological polar surface area (TPSA) is 111 Å². The summed E-state index contributed by atoms with van der Waals surface area (Å²) in [6.07, 6.45) is 0.282. The summed E-state index contributed by atoms with van der Waals surface area (Å²) in [7, 11) is 1.25. The number of methoxy groups -OCH3 is 1. The van der Waals surface area contributed by atoms with Crippen molar-refractivity contribution in [2.24, 2.45) is 11.7 Å². The Hall–Kier alpha value is -2.57. The zero-order chi connectivity index (χ0) is 17.4. The third kappa shape index (κ3) is 5.98. The molecule has 0 fully saturated rings. The average Bonchev–Trinajstić information content (AvgIpc) is 2.51. The van der Waals surface area contributed by atoms with Crippen LogP contribution in [0.15, 0.2) is 30.3 Å². The van der Waals surface area contributed by atoms with Crippen molar-refractivity contribution in [3.05, 3.63) is 35.9 Å². The second-order valence-electron chi connectivity index (χ2n) is 5.51. The van der Waals surface area contributed by atoms with Gasteiger partial charge in [0, 0.05) is 6.42 Å². The quantitative estimate of drug-likeness (QED) is 0.638. The number of carbonyl (C=O) groups is 3. The summed E-state index contributed by atoms with van der Waals surface area (Å²) in [5, 5.41) is 5.00. The molecule has 0 aliphatic heterocycles. The number of urea groups is 1. The lowest BCUT2D eigenvalue weighted by Gasteiger charge is -2.22. The number of nitrogens with one attached hydrogen (secondary N) is 2. The Labute approximate surface area is 135 Å². The first-order valence-corrected chi connectivity index (χ1v) is 7.33. The van der Waals surface area contributed by atoms with Crippen molar-refractivity contribution in [1.29, 1.82) is 0 Å². The highest BCUT2D eigenvalue weighted by atomic mass is 16.5. The van der Waals surface area contributed by atoms with Crippen LogP contribution in [-0.2, 0) is 20.7 Å². The molecule has 3 amide bonds. The third-order valence-electron chi connectivity index (χ3n) is 3.33. The number of amides is 3. The summed E-state index contributed by atoms with van der Waals surface area (Å²) < 4.78 is 4.71. The van der Waals surface area contributed by atoms with Gasteiger partial charge in [-0.3, -0.25) is 4.79 Å². The van der Waals surface area contributed by atoms with E-state index in [1.165, 1.54) is 7.11 Å². The van der Waals surface area contributed by atoms with Crippen LogP contribution in [-0.4, -0.2) is 37.1 Å². The average molecular weight is 321 g/mol. The van der Waals surface area contributed by atoms with Gasteiger partial charge in [-0.05, 0) is 11.5 Å². The van der Waals surface area contributed by atoms with E-state index in [1.54, 1.807) is 13.8 Å². The lowest BCUT2D eigenvalue weighted by molar-refractivity contribution is -0.142. The van der Waals surface area contributed by atoms with E-state index in [4.69, 9.17) is 10.5 Å². The molecule has 126 valence electrons. The normalized spacial score (nSPS) is 13.0. The van der Waals surface area contributed by atoms with Crippen LogP contribution in [0.1, 0.15) is 19.4 Å². The number of primary amides is 1. The maximum atomic E-state index is 12.0. The first kappa shape index (κ1) is 18.5. The maximum absolute atomic E-state index is 12.0. The predicted molar refractivity (Wildman–Crippen MR) is 85.4 cm³/mol. The lowest BCUT2D eigenvalue weighted by Crippen LogP contribution is -2.54. The second-order valence-corrected chi connectivity index (χ2v) is 5.51. The van der Waals surface area contributed by atoms with Gasteiger partial charge >= 0.3 is 12.0 Å². The Kier molecular flexibility index (Phi) is 7.05. The van der Waals surface area contributed by atoms with E-state index >= 15 is 0 Å². The standard InChI is InChI=1S/C16H23N3O4/c1-10(2)13(14(17)20)19-16(22)18-12(15(21)23-3)9-11-7-5-4-6-8-11/h4-8,10,12-13H,9H2,1-3H3,(H2,17,20)(H2,18,19,22)/t12-,13-/m0/s1. The van der Waals surface area contributed by atoms with Gasteiger partial charge in [-0.15, -0.1) is 0 Å². The van der Waals surface area contributed by atoms with Gasteiger partial charge in [0.25, 0.3) is 0 Å². The van der Waals surface area contributed by atoms with Crippen LogP contribution < -0.4 is 16.4 Å². The number of ether oxygens (including phenoxy) is 1. The zero-order valence-electron chi connectivity index (χ0n) is 13.5. The Balaban J connectivity index is 2.75. The van der Waals surface area contributed by atoms with Crippen LogP contribution in [0, 0.1) is 5.92 Å². The lowest BCUT2D eigenvalue weighted by atomic mass is 10.0. The smallest absolute Gasteiger partial charge is 0.328 e. The Bertz CT molecular complexity index is 546. The van der Waals surface area contributed by atoms with Crippen LogP contribution in [0.2, 0.25) is 0 Å². The molecule has 2 atom stereocenters. The van der Waals surface area contributed by atoms with Crippen molar-refractivity contribution < 1.29 is 19.1 Å². The van der Waals surface area contributed by atoms with E-state index < -0.39 is 30.0 Å². The summed E-state index contributed by atoms with van der Waals surface area (Å²) in [4.78, 5) is 35.2. The number of hydrogen-bond donors (Lipinski definition) is 3. The first-order valence-electron chi connectivity index (χ1n) is 7.33. The van der Waals surface area contributed by atoms with E-state index in [9.17, 15) is 14.4 Å². The number of benzene rings is 1. The Morgan fingerprint density at radius 2 is 1.74 bits per heavy atom. The molecule has 23 heavy (non-hydrogen) atoms. The summed E-state index contributed by atoms with van der Waals surface area (Å²) in [5.41, 5.74) is 6.13. The molecule has 7 heteroatoms. The number of carbonyl (C=O) groups excluding carboxylic acids is 3. The molecule has 0 aliphatic carbocycles. The monoisotopic (exact) mass is 321 g/mol. The number of nitrogens with two attached hydrogens (primary N) is 1. The van der Waals surface area contributed by atoms with Gasteiger partial charge in [0.1, 0.15) is 12.1 Å². The molecule has 4 N–H and O–H groups in total. The van der Waals surface area contributed by atoms with E-state index in [0.29, 0.717) is 0 Å². The van der Waals surface area contributed by atoms with Crippen molar-refractivity contribution in [3.8, 4) is 0 Å². The minimum atomic E-state index is -0.858. The molecule has 1 aromatic carbocycles. The molecule has 0 heterocycles. The fraction of sp³-hybridized carbons (Fsp3) is 0.438. The first-order chi connectivity index (χ1) is 10.8. The molecule has 0 bridgehead atoms. The highest BCUT2D eigenvalue weighted by molar-refractivity contribution is 5.88. The summed E-state index contributed by atoms with van der Waals surface area (Å²) >= 11 is 0. The van der Waals surface area contributed by atoms with Gasteiger partial charge in [0.2, 0.25) is 5.91 Å². The van der Waals surface area contributed by atoms with Crippen LogP contribution in [0.4, 0.5) is 4.79 Å². The molecule has 0 unspecified atom stereocenters. The van der Waals surface area contributed by atoms with Crippen LogP contribution in [0.3, 0.4) is 0 Å². The molecular weight excluding hydrogens is 298 g/mol. The van der Waals surface area contributed by atoms with Crippen molar-refractivity contribution >= 4 is 17.9 Å². The molecule has 0 spiro atoms. The molecule has 1 aromatic rings. The fourth-order valence-corrected chi connectivity index (χ4v) is 2.09. The Morgan fingerprint density at radius 3 is 2.22 bits per heavy atom. The summed E-state index contributed by atoms with van der Waals surface area (Å²) in [6.45, 7) is 3.52. The predicted octanol–water partition coefficient (Wildman–Crippen LogP) is 0.580. The molecule has 0 aromatic heterocycles. The number of esters is 1. The van der Waals surface area contributed by atoms with Gasteiger partial charge in [0.15, 0.2) is 0 Å². The van der Waals surface area contributed by atoms with Gasteiger partial charge in [-0.1, -0.05) is 44.2 Å². The van der Waals surface area contributed by atoms with Crippen molar-refractivity contribution in [2.45, 2.75) is 32.4 Å². The van der Waals surface area contributed by atoms with E-state index in [2.05, 4.69) is 10.6 Å². The second kappa shape index (κ2) is 8.77. The van der Waals surface area contributed by atoms with Gasteiger partial charge in [0.05, 0.1) is 7.11 Å². The largest absolute Gasteiger partial charge is 0.467 e. The van der Waals surface area contributed by atoms with Crippen LogP contribution in [0.5, 0.6) is 0 Å². The van der Waals surface area contributed by atoms with Gasteiger partial charge in [-0.2, -0.15) is 0 Å². The van der Waals surface area contributed by atoms with Crippen molar-refractivity contribution in [3.63, 3.8) is 0 Å². The Morgan fingerprint density at radius 1 is 1.13 bits per heavy atom. The van der Waals surface area contributed by atoms with E-state index in [0.717, 1.165) is 5.56 Å². The molecule has 0 radical (unpaired) electrons. The minimum absolute atomic E-state index is 0.163. The fourth-order valence-electron chi connectivity index (χ4n) is 2.09. The minimum Gasteiger partial charge on any atom is -0.467 e. The summed E-state index contributed by atoms with van der Waals surface area (Å²) in [6, 6.07) is 6.90. The maximum Gasteiger partial charge on any atom is 0.328 e. The number of hydrogen-bond acceptors (Lipinski definition) is 4. The zero-order valence-corrected chi connectivity index (χ0v) is 13.5. The van der Waals surface area contributed by atoms with Crippen molar-refractivity contribution in [2.75, 3.05) is 7.11 Å². The molecule has 0 aliphatic rings. The van der Waals surface area contributed by atoms with Gasteiger partial charge in [-0.25, -0.2) is 9.59 Å². The van der Waals surface area contributed by atoms with E-state index in [-0.39, 0.29) is 12.3 Å². The highest BCUT2D eigenvalue weighted by Gasteiger charge is 2.26. The number of rotatable bonds is 7. The van der Waals surface area contributed by atoms with E-state index in [1.807, 2.05) is 30.3 Å². The summed E-state index contributed by atoms with van der Waals surface area (Å²) in [5.74, 6) is -1.36. The molecule has 0 saturated carbocycles.